The predicted octanol–water partition coefficient (Wildman–Crippen LogP) is 3.37. The highest BCUT2D eigenvalue weighted by Crippen LogP contribution is 2.27. The first-order valence-electron chi connectivity index (χ1n) is 5.26. The van der Waals surface area contributed by atoms with Crippen LogP contribution in [0, 0.1) is 13.8 Å². The summed E-state index contributed by atoms with van der Waals surface area (Å²) in [6.07, 6.45) is 5.14. The molecule has 0 radical (unpaired) electrons. The second kappa shape index (κ2) is 4.87. The fourth-order valence-corrected chi connectivity index (χ4v) is 1.53. The number of phenolic OH excluding ortho intramolecular Hbond substituents is 1. The molecule has 0 fully saturated rings. The molecule has 2 heteroatoms. The largest absolute Gasteiger partial charge is 0.508 e. The fraction of sp³-hybridized carbons (Fsp3) is 0.385. The molecule has 0 aromatic heterocycles. The molecule has 0 aliphatic rings. The first kappa shape index (κ1) is 11.6. The van der Waals surface area contributed by atoms with E-state index < -0.39 is 0 Å². The van der Waals surface area contributed by atoms with Gasteiger partial charge in [0, 0.05) is 18.8 Å². The van der Waals surface area contributed by atoms with Gasteiger partial charge in [0.15, 0.2) is 0 Å². The van der Waals surface area contributed by atoms with E-state index in [0.717, 1.165) is 17.7 Å². The molecule has 1 aromatic carbocycles. The first-order chi connectivity index (χ1) is 7.06. The molecular formula is C13H19NO. The van der Waals surface area contributed by atoms with Crippen LogP contribution in [0.15, 0.2) is 24.4 Å². The van der Waals surface area contributed by atoms with Crippen molar-refractivity contribution in [3.8, 4) is 5.75 Å². The third-order valence-corrected chi connectivity index (χ3v) is 2.57. The molecule has 82 valence electrons. The molecular weight excluding hydrogens is 186 g/mol. The highest BCUT2D eigenvalue weighted by atomic mass is 16.3. The molecule has 15 heavy (non-hydrogen) atoms. The van der Waals surface area contributed by atoms with Gasteiger partial charge in [0.1, 0.15) is 5.75 Å². The van der Waals surface area contributed by atoms with Gasteiger partial charge < -0.3 is 10.0 Å². The fourth-order valence-electron chi connectivity index (χ4n) is 1.53. The molecule has 0 bridgehead atoms. The molecule has 0 amide bonds. The van der Waals surface area contributed by atoms with Crippen LogP contribution in [0.2, 0.25) is 0 Å². The van der Waals surface area contributed by atoms with Crippen LogP contribution in [0.5, 0.6) is 5.75 Å². The molecule has 0 spiro atoms. The van der Waals surface area contributed by atoms with Crippen molar-refractivity contribution in [2.45, 2.75) is 27.2 Å². The van der Waals surface area contributed by atoms with Gasteiger partial charge >= 0.3 is 0 Å². The number of rotatable bonds is 3. The van der Waals surface area contributed by atoms with E-state index in [1.54, 1.807) is 12.1 Å². The Morgan fingerprint density at radius 2 is 2.00 bits per heavy atom. The van der Waals surface area contributed by atoms with Crippen molar-refractivity contribution in [1.29, 1.82) is 0 Å². The summed E-state index contributed by atoms with van der Waals surface area (Å²) >= 11 is 0. The highest BCUT2D eigenvalue weighted by Gasteiger charge is 2.06. The van der Waals surface area contributed by atoms with E-state index in [2.05, 4.69) is 19.9 Å². The monoisotopic (exact) mass is 205 g/mol. The van der Waals surface area contributed by atoms with Crippen molar-refractivity contribution in [2.75, 3.05) is 11.9 Å². The molecule has 0 heterocycles. The minimum atomic E-state index is 0.324. The average Bonchev–Trinajstić information content (AvgIpc) is 2.19. The first-order valence-corrected chi connectivity index (χ1v) is 5.26. The maximum Gasteiger partial charge on any atom is 0.117 e. The minimum absolute atomic E-state index is 0.324. The Morgan fingerprint density at radius 1 is 1.33 bits per heavy atom. The Bertz CT molecular complexity index is 369. The van der Waals surface area contributed by atoms with E-state index in [1.807, 2.05) is 25.1 Å². The van der Waals surface area contributed by atoms with Crippen molar-refractivity contribution < 1.29 is 5.11 Å². The summed E-state index contributed by atoms with van der Waals surface area (Å²) < 4.78 is 0. The number of allylic oxidation sites excluding steroid dienone is 1. The second-order valence-corrected chi connectivity index (χ2v) is 3.81. The lowest BCUT2D eigenvalue weighted by Crippen LogP contribution is -2.09. The standard InChI is InChI=1S/C13H19NO/c1-5-6-7-14(4)13-9-12(15)8-10(2)11(13)3/h6-9,15H,5H2,1-4H3/b7-6-. The summed E-state index contributed by atoms with van der Waals surface area (Å²) in [7, 11) is 1.99. The average molecular weight is 205 g/mol. The van der Waals surface area contributed by atoms with Crippen molar-refractivity contribution in [3.63, 3.8) is 0 Å². The summed E-state index contributed by atoms with van der Waals surface area (Å²) in [5.41, 5.74) is 3.37. The number of hydrogen-bond donors (Lipinski definition) is 1. The predicted molar refractivity (Wildman–Crippen MR) is 65.4 cm³/mol. The van der Waals surface area contributed by atoms with Crippen LogP contribution in [0.3, 0.4) is 0 Å². The quantitative estimate of drug-likeness (QED) is 0.817. The molecule has 1 N–H and O–H groups in total. The Morgan fingerprint density at radius 3 is 2.60 bits per heavy atom. The van der Waals surface area contributed by atoms with Gasteiger partial charge in [-0.1, -0.05) is 13.0 Å². The molecule has 0 aliphatic heterocycles. The number of anilines is 1. The third kappa shape index (κ3) is 2.75. The zero-order chi connectivity index (χ0) is 11.4. The molecule has 0 saturated carbocycles. The van der Waals surface area contributed by atoms with Gasteiger partial charge in [-0.25, -0.2) is 0 Å². The number of aryl methyl sites for hydroxylation is 1. The van der Waals surface area contributed by atoms with Gasteiger partial charge in [0.05, 0.1) is 0 Å². The zero-order valence-corrected chi connectivity index (χ0v) is 9.91. The second-order valence-electron chi connectivity index (χ2n) is 3.81. The van der Waals surface area contributed by atoms with Crippen LogP contribution >= 0.6 is 0 Å². The van der Waals surface area contributed by atoms with Crippen LogP contribution in [-0.4, -0.2) is 12.2 Å². The molecule has 0 aliphatic carbocycles. The van der Waals surface area contributed by atoms with Crippen molar-refractivity contribution >= 4 is 5.69 Å². The van der Waals surface area contributed by atoms with Crippen molar-refractivity contribution in [2.24, 2.45) is 0 Å². The SMILES string of the molecule is CC/C=C\N(C)c1cc(O)cc(C)c1C. The number of phenols is 1. The van der Waals surface area contributed by atoms with E-state index in [4.69, 9.17) is 0 Å². The van der Waals surface area contributed by atoms with Crippen LogP contribution in [0.25, 0.3) is 0 Å². The Labute approximate surface area is 91.9 Å². The zero-order valence-electron chi connectivity index (χ0n) is 9.91. The minimum Gasteiger partial charge on any atom is -0.508 e. The Kier molecular flexibility index (Phi) is 3.78. The number of hydrogen-bond acceptors (Lipinski definition) is 2. The van der Waals surface area contributed by atoms with E-state index in [-0.39, 0.29) is 0 Å². The van der Waals surface area contributed by atoms with Crippen LogP contribution in [0.4, 0.5) is 5.69 Å². The molecule has 0 atom stereocenters. The van der Waals surface area contributed by atoms with Crippen molar-refractivity contribution in [3.05, 3.63) is 35.5 Å². The summed E-state index contributed by atoms with van der Waals surface area (Å²) in [6.45, 7) is 6.18. The lowest BCUT2D eigenvalue weighted by atomic mass is 10.1. The molecule has 0 saturated heterocycles. The lowest BCUT2D eigenvalue weighted by Gasteiger charge is -2.18. The van der Waals surface area contributed by atoms with E-state index in [0.29, 0.717) is 5.75 Å². The molecule has 2 nitrogen and oxygen atoms in total. The van der Waals surface area contributed by atoms with Gasteiger partial charge in [-0.2, -0.15) is 0 Å². The number of nitrogens with zero attached hydrogens (tertiary/aromatic N) is 1. The number of benzene rings is 1. The maximum atomic E-state index is 9.54. The molecule has 1 rings (SSSR count). The smallest absolute Gasteiger partial charge is 0.117 e. The Balaban J connectivity index is 3.07. The van der Waals surface area contributed by atoms with Gasteiger partial charge in [-0.15, -0.1) is 0 Å². The third-order valence-electron chi connectivity index (χ3n) is 2.57. The molecule has 1 aromatic rings. The van der Waals surface area contributed by atoms with Gasteiger partial charge in [-0.3, -0.25) is 0 Å². The van der Waals surface area contributed by atoms with Crippen LogP contribution in [-0.2, 0) is 0 Å². The Hall–Kier alpha value is -1.44. The topological polar surface area (TPSA) is 23.5 Å². The number of aromatic hydroxyl groups is 1. The maximum absolute atomic E-state index is 9.54. The molecule has 0 unspecified atom stereocenters. The summed E-state index contributed by atoms with van der Waals surface area (Å²) in [5, 5.41) is 9.54. The van der Waals surface area contributed by atoms with E-state index in [1.165, 1.54) is 5.56 Å². The van der Waals surface area contributed by atoms with Gasteiger partial charge in [0.2, 0.25) is 0 Å². The highest BCUT2D eigenvalue weighted by molar-refractivity contribution is 5.60. The lowest BCUT2D eigenvalue weighted by molar-refractivity contribution is 0.475. The summed E-state index contributed by atoms with van der Waals surface area (Å²) in [5.74, 6) is 0.324. The summed E-state index contributed by atoms with van der Waals surface area (Å²) in [6, 6.07) is 3.58. The van der Waals surface area contributed by atoms with Crippen LogP contribution in [0.1, 0.15) is 24.5 Å². The van der Waals surface area contributed by atoms with E-state index >= 15 is 0 Å². The normalized spacial score (nSPS) is 10.9. The van der Waals surface area contributed by atoms with Gasteiger partial charge in [0.25, 0.3) is 0 Å². The van der Waals surface area contributed by atoms with Gasteiger partial charge in [-0.05, 0) is 43.7 Å². The van der Waals surface area contributed by atoms with E-state index in [9.17, 15) is 5.11 Å². The van der Waals surface area contributed by atoms with Crippen molar-refractivity contribution in [1.82, 2.24) is 0 Å². The van der Waals surface area contributed by atoms with Crippen LogP contribution < -0.4 is 4.90 Å². The summed E-state index contributed by atoms with van der Waals surface area (Å²) in [4.78, 5) is 2.03.